The highest BCUT2D eigenvalue weighted by molar-refractivity contribution is 5.35. The van der Waals surface area contributed by atoms with Gasteiger partial charge in [-0.3, -0.25) is 0 Å². The van der Waals surface area contributed by atoms with Crippen molar-refractivity contribution >= 4 is 0 Å². The fourth-order valence-corrected chi connectivity index (χ4v) is 4.77. The van der Waals surface area contributed by atoms with Gasteiger partial charge < -0.3 is 0 Å². The van der Waals surface area contributed by atoms with Crippen LogP contribution < -0.4 is 0 Å². The SMILES string of the molecule is CC(C)(C)c1ccc(C2C3CC4C(C3)C42)cc1. The molecule has 0 aliphatic heterocycles. The van der Waals surface area contributed by atoms with Crippen molar-refractivity contribution in [1.82, 2.24) is 0 Å². The van der Waals surface area contributed by atoms with Crippen molar-refractivity contribution in [2.24, 2.45) is 23.7 Å². The van der Waals surface area contributed by atoms with Crippen LogP contribution in [-0.4, -0.2) is 0 Å². The summed E-state index contributed by atoms with van der Waals surface area (Å²) in [5.41, 5.74) is 3.40. The Bertz CT molecular complexity index is 434. The molecule has 0 heteroatoms. The molecule has 0 aromatic heterocycles. The minimum atomic E-state index is 0.290. The summed E-state index contributed by atoms with van der Waals surface area (Å²) in [5.74, 6) is 5.31. The molecule has 0 N–H and O–H groups in total. The number of hydrogen-bond acceptors (Lipinski definition) is 0. The van der Waals surface area contributed by atoms with Gasteiger partial charge in [-0.1, -0.05) is 45.0 Å². The monoisotopic (exact) mass is 226 g/mol. The Morgan fingerprint density at radius 1 is 0.941 bits per heavy atom. The highest BCUT2D eigenvalue weighted by atomic mass is 14.7. The zero-order chi connectivity index (χ0) is 11.8. The van der Waals surface area contributed by atoms with Crippen molar-refractivity contribution in [1.29, 1.82) is 0 Å². The van der Waals surface area contributed by atoms with Crippen LogP contribution in [-0.2, 0) is 5.41 Å². The number of rotatable bonds is 1. The van der Waals surface area contributed by atoms with E-state index in [0.29, 0.717) is 5.41 Å². The van der Waals surface area contributed by atoms with Gasteiger partial charge in [-0.2, -0.15) is 0 Å². The molecule has 4 aliphatic rings. The molecular weight excluding hydrogens is 204 g/mol. The quantitative estimate of drug-likeness (QED) is 0.667. The van der Waals surface area contributed by atoms with E-state index in [0.717, 1.165) is 29.6 Å². The molecule has 4 fully saturated rings. The van der Waals surface area contributed by atoms with E-state index in [1.165, 1.54) is 5.56 Å². The van der Waals surface area contributed by atoms with Crippen LogP contribution in [0.2, 0.25) is 0 Å². The molecule has 0 spiro atoms. The highest BCUT2D eigenvalue weighted by Crippen LogP contribution is 2.76. The molecule has 4 bridgehead atoms. The average Bonchev–Trinajstić information content (AvgIpc) is 2.73. The Labute approximate surface area is 104 Å². The van der Waals surface area contributed by atoms with Gasteiger partial charge in [0.2, 0.25) is 0 Å². The molecule has 0 amide bonds. The fourth-order valence-electron chi connectivity index (χ4n) is 4.77. The maximum absolute atomic E-state index is 2.42. The van der Waals surface area contributed by atoms with Crippen LogP contribution in [0.4, 0.5) is 0 Å². The van der Waals surface area contributed by atoms with Crippen LogP contribution in [0.3, 0.4) is 0 Å². The van der Waals surface area contributed by atoms with Crippen LogP contribution in [0.1, 0.15) is 50.7 Å². The van der Waals surface area contributed by atoms with Gasteiger partial charge in [0.05, 0.1) is 0 Å². The van der Waals surface area contributed by atoms with Gasteiger partial charge in [-0.15, -0.1) is 0 Å². The van der Waals surface area contributed by atoms with E-state index in [9.17, 15) is 0 Å². The second kappa shape index (κ2) is 2.96. The molecule has 0 nitrogen and oxygen atoms in total. The molecule has 4 saturated carbocycles. The Kier molecular flexibility index (Phi) is 1.77. The molecule has 3 atom stereocenters. The van der Waals surface area contributed by atoms with Gasteiger partial charge in [0.15, 0.2) is 0 Å². The number of benzene rings is 1. The van der Waals surface area contributed by atoms with Gasteiger partial charge in [0.25, 0.3) is 0 Å². The van der Waals surface area contributed by atoms with E-state index in [1.807, 2.05) is 0 Å². The van der Waals surface area contributed by atoms with Gasteiger partial charge >= 0.3 is 0 Å². The summed E-state index contributed by atoms with van der Waals surface area (Å²) < 4.78 is 0. The second-order valence-electron chi connectivity index (χ2n) is 7.53. The normalized spacial score (nSPS) is 41.9. The average molecular weight is 226 g/mol. The van der Waals surface area contributed by atoms with Crippen molar-refractivity contribution in [2.75, 3.05) is 0 Å². The molecule has 3 unspecified atom stereocenters. The molecule has 17 heavy (non-hydrogen) atoms. The van der Waals surface area contributed by atoms with Gasteiger partial charge in [0.1, 0.15) is 0 Å². The Morgan fingerprint density at radius 3 is 1.94 bits per heavy atom. The van der Waals surface area contributed by atoms with E-state index in [2.05, 4.69) is 45.0 Å². The smallest absolute Gasteiger partial charge is 0.00996 e. The first kappa shape index (κ1) is 10.2. The van der Waals surface area contributed by atoms with Crippen LogP contribution in [0.5, 0.6) is 0 Å². The molecule has 0 saturated heterocycles. The Morgan fingerprint density at radius 2 is 1.53 bits per heavy atom. The van der Waals surface area contributed by atoms with Gasteiger partial charge in [-0.25, -0.2) is 0 Å². The molecule has 0 radical (unpaired) electrons. The van der Waals surface area contributed by atoms with Crippen LogP contribution in [0, 0.1) is 23.7 Å². The van der Waals surface area contributed by atoms with Crippen LogP contribution >= 0.6 is 0 Å². The first-order valence-electron chi connectivity index (χ1n) is 7.16. The predicted octanol–water partition coefficient (Wildman–Crippen LogP) is 4.35. The third kappa shape index (κ3) is 1.30. The summed E-state index contributed by atoms with van der Waals surface area (Å²) in [5, 5.41) is 0. The van der Waals surface area contributed by atoms with Crippen molar-refractivity contribution in [3.05, 3.63) is 35.4 Å². The first-order valence-corrected chi connectivity index (χ1v) is 7.16. The lowest BCUT2D eigenvalue weighted by Gasteiger charge is -2.21. The third-order valence-corrected chi connectivity index (χ3v) is 5.63. The van der Waals surface area contributed by atoms with Crippen LogP contribution in [0.25, 0.3) is 0 Å². The van der Waals surface area contributed by atoms with Crippen molar-refractivity contribution < 1.29 is 0 Å². The largest absolute Gasteiger partial charge is 0.0584 e. The molecule has 1 aromatic rings. The Hall–Kier alpha value is -0.780. The van der Waals surface area contributed by atoms with Crippen molar-refractivity contribution in [3.63, 3.8) is 0 Å². The van der Waals surface area contributed by atoms with E-state index >= 15 is 0 Å². The summed E-state index contributed by atoms with van der Waals surface area (Å²) in [6.45, 7) is 6.89. The van der Waals surface area contributed by atoms with E-state index in [4.69, 9.17) is 0 Å². The minimum absolute atomic E-state index is 0.290. The van der Waals surface area contributed by atoms with Crippen molar-refractivity contribution in [2.45, 2.75) is 44.9 Å². The Balaban J connectivity index is 1.64. The third-order valence-electron chi connectivity index (χ3n) is 5.63. The molecule has 5 rings (SSSR count). The summed E-state index contributed by atoms with van der Waals surface area (Å²) in [6, 6.07) is 9.56. The zero-order valence-electron chi connectivity index (χ0n) is 11.1. The molecule has 4 aliphatic carbocycles. The first-order chi connectivity index (χ1) is 8.05. The number of hydrogen-bond donors (Lipinski definition) is 0. The summed E-state index contributed by atoms with van der Waals surface area (Å²) in [4.78, 5) is 0. The lowest BCUT2D eigenvalue weighted by molar-refractivity contribution is 0.527. The summed E-state index contributed by atoms with van der Waals surface area (Å²) in [7, 11) is 0. The standard InChI is InChI=1S/C17H22/c1-17(2,3)12-6-4-10(5-7-12)15-11-8-13-14(9-11)16(13)15/h4-7,11,13-16H,8-9H2,1-3H3. The molecule has 0 heterocycles. The van der Waals surface area contributed by atoms with E-state index < -0.39 is 0 Å². The second-order valence-corrected chi connectivity index (χ2v) is 7.53. The predicted molar refractivity (Wildman–Crippen MR) is 71.1 cm³/mol. The maximum Gasteiger partial charge on any atom is -0.00996 e. The molecule has 90 valence electrons. The highest BCUT2D eigenvalue weighted by Gasteiger charge is 2.68. The summed E-state index contributed by atoms with van der Waals surface area (Å²) >= 11 is 0. The fraction of sp³-hybridized carbons (Fsp3) is 0.647. The van der Waals surface area contributed by atoms with Gasteiger partial charge in [-0.05, 0) is 59.0 Å². The van der Waals surface area contributed by atoms with Crippen molar-refractivity contribution in [3.8, 4) is 0 Å². The lowest BCUT2D eigenvalue weighted by atomic mass is 9.84. The van der Waals surface area contributed by atoms with E-state index in [1.54, 1.807) is 18.4 Å². The summed E-state index contributed by atoms with van der Waals surface area (Å²) in [6.07, 6.45) is 3.09. The lowest BCUT2D eigenvalue weighted by Crippen LogP contribution is -2.11. The van der Waals surface area contributed by atoms with E-state index in [-0.39, 0.29) is 0 Å². The van der Waals surface area contributed by atoms with Crippen LogP contribution in [0.15, 0.2) is 24.3 Å². The molecule has 1 aromatic carbocycles. The van der Waals surface area contributed by atoms with Gasteiger partial charge in [0, 0.05) is 0 Å². The maximum atomic E-state index is 2.42. The zero-order valence-corrected chi connectivity index (χ0v) is 11.1. The minimum Gasteiger partial charge on any atom is -0.0584 e. The molecular formula is C17H22. The topological polar surface area (TPSA) is 0 Å².